The molecule has 1 aromatic heterocycles. The Kier molecular flexibility index (Phi) is 5.67. The number of aromatic nitrogens is 2. The molecule has 0 N–H and O–H groups in total. The molecule has 0 unspecified atom stereocenters. The Hall–Kier alpha value is -3.05. The Labute approximate surface area is 174 Å². The van der Waals surface area contributed by atoms with Crippen molar-refractivity contribution in [2.75, 3.05) is 7.11 Å². The highest BCUT2D eigenvalue weighted by atomic mass is 32.2. The number of fused-ring (bicyclic) bond motifs is 1. The number of hydrogen-bond acceptors (Lipinski definition) is 4. The predicted octanol–water partition coefficient (Wildman–Crippen LogP) is 5.05. The lowest BCUT2D eigenvalue weighted by atomic mass is 10.2. The number of methoxy groups -OCH3 is 1. The molecule has 4 aromatic rings. The second kappa shape index (κ2) is 8.53. The third-order valence-corrected chi connectivity index (χ3v) is 5.84. The first-order valence-electron chi connectivity index (χ1n) is 9.45. The van der Waals surface area contributed by atoms with Crippen LogP contribution in [0, 0.1) is 6.92 Å². The molecule has 0 aliphatic rings. The molecule has 4 rings (SSSR count). The summed E-state index contributed by atoms with van der Waals surface area (Å²) in [6.07, 6.45) is 0. The molecule has 5 heteroatoms. The Morgan fingerprint density at radius 1 is 0.966 bits per heavy atom. The minimum atomic E-state index is -0.0233. The van der Waals surface area contributed by atoms with E-state index in [-0.39, 0.29) is 5.56 Å². The third kappa shape index (κ3) is 4.35. The van der Waals surface area contributed by atoms with Gasteiger partial charge in [0.2, 0.25) is 0 Å². The van der Waals surface area contributed by atoms with Gasteiger partial charge in [-0.25, -0.2) is 4.98 Å². The van der Waals surface area contributed by atoms with E-state index in [1.165, 1.54) is 11.1 Å². The molecule has 0 radical (unpaired) electrons. The van der Waals surface area contributed by atoms with E-state index in [1.807, 2.05) is 48.5 Å². The van der Waals surface area contributed by atoms with E-state index in [0.29, 0.717) is 11.9 Å². The highest BCUT2D eigenvalue weighted by Gasteiger charge is 2.12. The molecule has 0 aliphatic carbocycles. The maximum Gasteiger partial charge on any atom is 0.262 e. The van der Waals surface area contributed by atoms with Crippen LogP contribution in [0.5, 0.6) is 5.75 Å². The molecule has 0 fully saturated rings. The van der Waals surface area contributed by atoms with Gasteiger partial charge in [0.15, 0.2) is 5.16 Å². The van der Waals surface area contributed by atoms with Gasteiger partial charge in [-0.15, -0.1) is 0 Å². The third-order valence-electron chi connectivity index (χ3n) is 4.79. The number of ether oxygens (including phenoxy) is 1. The molecule has 0 saturated carbocycles. The molecular formula is C24H22N2O2S. The van der Waals surface area contributed by atoms with Crippen LogP contribution < -0.4 is 10.3 Å². The van der Waals surface area contributed by atoms with E-state index in [2.05, 4.69) is 31.2 Å². The minimum absolute atomic E-state index is 0.0233. The molecule has 0 aliphatic heterocycles. The largest absolute Gasteiger partial charge is 0.497 e. The quantitative estimate of drug-likeness (QED) is 0.334. The van der Waals surface area contributed by atoms with Gasteiger partial charge in [0.05, 0.1) is 24.6 Å². The smallest absolute Gasteiger partial charge is 0.262 e. The van der Waals surface area contributed by atoms with E-state index in [9.17, 15) is 4.79 Å². The maximum atomic E-state index is 13.2. The molecule has 0 spiro atoms. The van der Waals surface area contributed by atoms with Crippen LogP contribution in [0.3, 0.4) is 0 Å². The number of benzene rings is 3. The van der Waals surface area contributed by atoms with Crippen molar-refractivity contribution < 1.29 is 4.74 Å². The van der Waals surface area contributed by atoms with Gasteiger partial charge >= 0.3 is 0 Å². The van der Waals surface area contributed by atoms with Crippen LogP contribution in [0.4, 0.5) is 0 Å². The van der Waals surface area contributed by atoms with E-state index >= 15 is 0 Å². The van der Waals surface area contributed by atoms with Crippen molar-refractivity contribution in [3.05, 3.63) is 99.8 Å². The lowest BCUT2D eigenvalue weighted by Gasteiger charge is -2.14. The first-order valence-corrected chi connectivity index (χ1v) is 10.4. The van der Waals surface area contributed by atoms with Gasteiger partial charge in [-0.05, 0) is 42.3 Å². The summed E-state index contributed by atoms with van der Waals surface area (Å²) in [5, 5.41) is 1.35. The number of hydrogen-bond donors (Lipinski definition) is 0. The molecular weight excluding hydrogens is 380 g/mol. The molecule has 0 atom stereocenters. The minimum Gasteiger partial charge on any atom is -0.497 e. The van der Waals surface area contributed by atoms with Crippen molar-refractivity contribution in [1.82, 2.24) is 9.55 Å². The van der Waals surface area contributed by atoms with Crippen LogP contribution in [0.1, 0.15) is 16.7 Å². The molecule has 29 heavy (non-hydrogen) atoms. The predicted molar refractivity (Wildman–Crippen MR) is 119 cm³/mol. The number of aryl methyl sites for hydroxylation is 1. The summed E-state index contributed by atoms with van der Waals surface area (Å²) < 4.78 is 7.09. The lowest BCUT2D eigenvalue weighted by Crippen LogP contribution is -2.24. The molecule has 146 valence electrons. The van der Waals surface area contributed by atoms with Crippen molar-refractivity contribution in [3.8, 4) is 5.75 Å². The van der Waals surface area contributed by atoms with Crippen molar-refractivity contribution >= 4 is 22.7 Å². The van der Waals surface area contributed by atoms with E-state index in [1.54, 1.807) is 23.4 Å². The molecule has 4 nitrogen and oxygen atoms in total. The fourth-order valence-corrected chi connectivity index (χ4v) is 4.14. The summed E-state index contributed by atoms with van der Waals surface area (Å²) in [7, 11) is 1.64. The van der Waals surface area contributed by atoms with Gasteiger partial charge in [0.25, 0.3) is 5.56 Å². The monoisotopic (exact) mass is 402 g/mol. The number of para-hydroxylation sites is 1. The molecule has 0 amide bonds. The average molecular weight is 403 g/mol. The summed E-state index contributed by atoms with van der Waals surface area (Å²) in [6, 6.07) is 23.8. The normalized spacial score (nSPS) is 11.0. The SMILES string of the molecule is COc1cccc(Cn2c(SCc3ccc(C)cc3)nc3ccccc3c2=O)c1. The number of rotatable bonds is 6. The first-order chi connectivity index (χ1) is 14.1. The standard InChI is InChI=1S/C24H22N2O2S/c1-17-10-12-18(13-11-17)16-29-24-25-22-9-4-3-8-21(22)23(27)26(24)15-19-6-5-7-20(14-19)28-2/h3-14H,15-16H2,1-2H3. The summed E-state index contributed by atoms with van der Waals surface area (Å²) >= 11 is 1.58. The van der Waals surface area contributed by atoms with Crippen LogP contribution in [-0.4, -0.2) is 16.7 Å². The number of thioether (sulfide) groups is 1. The highest BCUT2D eigenvalue weighted by molar-refractivity contribution is 7.98. The van der Waals surface area contributed by atoms with E-state index < -0.39 is 0 Å². The molecule has 1 heterocycles. The summed E-state index contributed by atoms with van der Waals surface area (Å²) in [5.74, 6) is 1.53. The summed E-state index contributed by atoms with van der Waals surface area (Å²) in [6.45, 7) is 2.53. The first kappa shape index (κ1) is 19.3. The fourth-order valence-electron chi connectivity index (χ4n) is 3.18. The average Bonchev–Trinajstić information content (AvgIpc) is 2.76. The second-order valence-corrected chi connectivity index (χ2v) is 7.87. The van der Waals surface area contributed by atoms with Crippen LogP contribution in [-0.2, 0) is 12.3 Å². The van der Waals surface area contributed by atoms with Gasteiger partial charge in [-0.2, -0.15) is 0 Å². The van der Waals surface area contributed by atoms with Crippen LogP contribution >= 0.6 is 11.8 Å². The highest BCUT2D eigenvalue weighted by Crippen LogP contribution is 2.24. The molecule has 3 aromatic carbocycles. The Morgan fingerprint density at radius 2 is 1.76 bits per heavy atom. The maximum absolute atomic E-state index is 13.2. The van der Waals surface area contributed by atoms with E-state index in [0.717, 1.165) is 27.7 Å². The topological polar surface area (TPSA) is 44.1 Å². The zero-order valence-electron chi connectivity index (χ0n) is 16.5. The zero-order valence-corrected chi connectivity index (χ0v) is 17.3. The van der Waals surface area contributed by atoms with Gasteiger partial charge in [-0.3, -0.25) is 9.36 Å². The fraction of sp³-hybridized carbons (Fsp3) is 0.167. The van der Waals surface area contributed by atoms with Gasteiger partial charge in [0.1, 0.15) is 5.75 Å². The van der Waals surface area contributed by atoms with Crippen molar-refractivity contribution in [1.29, 1.82) is 0 Å². The molecule has 0 bridgehead atoms. The summed E-state index contributed by atoms with van der Waals surface area (Å²) in [5.41, 5.74) is 4.14. The van der Waals surface area contributed by atoms with Crippen LogP contribution in [0.15, 0.2) is 82.7 Å². The van der Waals surface area contributed by atoms with Crippen molar-refractivity contribution in [3.63, 3.8) is 0 Å². The summed E-state index contributed by atoms with van der Waals surface area (Å²) in [4.78, 5) is 18.0. The Bertz CT molecular complexity index is 1200. The van der Waals surface area contributed by atoms with E-state index in [4.69, 9.17) is 9.72 Å². The second-order valence-electron chi connectivity index (χ2n) is 6.93. The van der Waals surface area contributed by atoms with Crippen LogP contribution in [0.2, 0.25) is 0 Å². The lowest BCUT2D eigenvalue weighted by molar-refractivity contribution is 0.414. The molecule has 0 saturated heterocycles. The Morgan fingerprint density at radius 3 is 2.55 bits per heavy atom. The van der Waals surface area contributed by atoms with Gasteiger partial charge < -0.3 is 4.74 Å². The van der Waals surface area contributed by atoms with Gasteiger partial charge in [-0.1, -0.05) is 65.9 Å². The zero-order chi connectivity index (χ0) is 20.2. The van der Waals surface area contributed by atoms with Crippen molar-refractivity contribution in [2.45, 2.75) is 24.4 Å². The van der Waals surface area contributed by atoms with Crippen molar-refractivity contribution in [2.24, 2.45) is 0 Å². The van der Waals surface area contributed by atoms with Gasteiger partial charge in [0, 0.05) is 5.75 Å². The Balaban J connectivity index is 1.73. The van der Waals surface area contributed by atoms with Crippen LogP contribution in [0.25, 0.3) is 10.9 Å². The number of nitrogens with zero attached hydrogens (tertiary/aromatic N) is 2.